The predicted molar refractivity (Wildman–Crippen MR) is 70.4 cm³/mol. The highest BCUT2D eigenvalue weighted by molar-refractivity contribution is 5.91. The summed E-state index contributed by atoms with van der Waals surface area (Å²) in [7, 11) is 0. The van der Waals surface area contributed by atoms with Crippen LogP contribution < -0.4 is 0 Å². The monoisotopic (exact) mass is 265 g/mol. The minimum absolute atomic E-state index is 0.00277. The number of nitrogens with zero attached hydrogens (tertiary/aromatic N) is 1. The molecule has 0 saturated carbocycles. The number of carbonyl (C=O) groups is 1. The molecule has 1 aromatic heterocycles. The van der Waals surface area contributed by atoms with Gasteiger partial charge in [-0.2, -0.15) is 0 Å². The van der Waals surface area contributed by atoms with Crippen LogP contribution in [0.1, 0.15) is 18.6 Å². The van der Waals surface area contributed by atoms with Crippen molar-refractivity contribution in [1.82, 2.24) is 4.90 Å². The summed E-state index contributed by atoms with van der Waals surface area (Å²) < 4.78 is 10.6. The molecule has 5 heteroatoms. The van der Waals surface area contributed by atoms with E-state index in [1.807, 2.05) is 0 Å². The molecule has 1 aromatic rings. The van der Waals surface area contributed by atoms with Crippen LogP contribution in [0.15, 0.2) is 28.9 Å². The Balaban J connectivity index is 1.76. The molecule has 104 valence electrons. The van der Waals surface area contributed by atoms with Gasteiger partial charge >= 0.3 is 0 Å². The Morgan fingerprint density at radius 3 is 2.95 bits per heavy atom. The first-order valence-electron chi connectivity index (χ1n) is 6.52. The highest BCUT2D eigenvalue weighted by atomic mass is 16.5. The lowest BCUT2D eigenvalue weighted by Gasteiger charge is -2.31. The van der Waals surface area contributed by atoms with E-state index in [9.17, 15) is 4.79 Å². The molecule has 0 unspecified atom stereocenters. The number of ether oxygens (including phenoxy) is 1. The second-order valence-corrected chi connectivity index (χ2v) is 4.47. The molecule has 1 amide bonds. The maximum atomic E-state index is 11.9. The number of aliphatic hydroxyl groups excluding tert-OH is 1. The normalized spacial score (nSPS) is 17.2. The molecule has 0 radical (unpaired) electrons. The molecule has 0 bridgehead atoms. The summed E-state index contributed by atoms with van der Waals surface area (Å²) in [6, 6.07) is 3.59. The molecule has 2 heterocycles. The first-order valence-corrected chi connectivity index (χ1v) is 6.52. The summed E-state index contributed by atoms with van der Waals surface area (Å²) in [6.45, 7) is 1.80. The van der Waals surface area contributed by atoms with Gasteiger partial charge in [0.1, 0.15) is 5.76 Å². The molecule has 19 heavy (non-hydrogen) atoms. The molecule has 1 aliphatic heterocycles. The second-order valence-electron chi connectivity index (χ2n) is 4.47. The van der Waals surface area contributed by atoms with Gasteiger partial charge in [-0.05, 0) is 31.1 Å². The lowest BCUT2D eigenvalue weighted by molar-refractivity contribution is -0.128. The van der Waals surface area contributed by atoms with Crippen LogP contribution in [0.2, 0.25) is 0 Å². The van der Waals surface area contributed by atoms with E-state index in [1.165, 1.54) is 6.08 Å². The number of rotatable bonds is 5. The van der Waals surface area contributed by atoms with E-state index >= 15 is 0 Å². The van der Waals surface area contributed by atoms with Gasteiger partial charge in [0.15, 0.2) is 0 Å². The predicted octanol–water partition coefficient (Wildman–Crippen LogP) is 1.29. The van der Waals surface area contributed by atoms with Gasteiger partial charge in [0.05, 0.1) is 25.6 Å². The number of hydrogen-bond donors (Lipinski definition) is 1. The molecule has 1 N–H and O–H groups in total. The van der Waals surface area contributed by atoms with Gasteiger partial charge < -0.3 is 19.2 Å². The molecule has 1 aliphatic rings. The van der Waals surface area contributed by atoms with E-state index in [-0.39, 0.29) is 18.6 Å². The molecule has 1 fully saturated rings. The van der Waals surface area contributed by atoms with Gasteiger partial charge in [0, 0.05) is 19.2 Å². The van der Waals surface area contributed by atoms with E-state index in [2.05, 4.69) is 0 Å². The second kappa shape index (κ2) is 7.11. The third kappa shape index (κ3) is 4.22. The van der Waals surface area contributed by atoms with Crippen molar-refractivity contribution in [3.05, 3.63) is 30.2 Å². The van der Waals surface area contributed by atoms with Gasteiger partial charge in [-0.15, -0.1) is 0 Å². The molecule has 0 aliphatic carbocycles. The third-order valence-electron chi connectivity index (χ3n) is 3.13. The van der Waals surface area contributed by atoms with Crippen molar-refractivity contribution in [2.75, 3.05) is 26.3 Å². The van der Waals surface area contributed by atoms with Crippen LogP contribution in [0, 0.1) is 0 Å². The minimum atomic E-state index is -0.00277. The number of hydrogen-bond acceptors (Lipinski definition) is 4. The smallest absolute Gasteiger partial charge is 0.246 e. The molecule has 1 saturated heterocycles. The van der Waals surface area contributed by atoms with Crippen molar-refractivity contribution >= 4 is 12.0 Å². The summed E-state index contributed by atoms with van der Waals surface area (Å²) in [5, 5.41) is 8.69. The molecular formula is C14H19NO4. The van der Waals surface area contributed by atoms with Crippen LogP contribution in [0.3, 0.4) is 0 Å². The highest BCUT2D eigenvalue weighted by Crippen LogP contribution is 2.14. The molecule has 0 atom stereocenters. The zero-order valence-electron chi connectivity index (χ0n) is 10.8. The Labute approximate surface area is 112 Å². The number of carbonyl (C=O) groups excluding carboxylic acids is 1. The van der Waals surface area contributed by atoms with Crippen molar-refractivity contribution in [2.24, 2.45) is 0 Å². The van der Waals surface area contributed by atoms with Crippen LogP contribution >= 0.6 is 0 Å². The van der Waals surface area contributed by atoms with Gasteiger partial charge in [0.2, 0.25) is 5.91 Å². The Morgan fingerprint density at radius 1 is 1.53 bits per heavy atom. The number of amides is 1. The highest BCUT2D eigenvalue weighted by Gasteiger charge is 2.21. The van der Waals surface area contributed by atoms with Crippen LogP contribution in [-0.4, -0.2) is 48.3 Å². The van der Waals surface area contributed by atoms with Crippen LogP contribution in [0.5, 0.6) is 0 Å². The first-order chi connectivity index (χ1) is 9.29. The van der Waals surface area contributed by atoms with E-state index in [1.54, 1.807) is 29.4 Å². The Hall–Kier alpha value is -1.59. The van der Waals surface area contributed by atoms with E-state index in [0.29, 0.717) is 25.5 Å². The quantitative estimate of drug-likeness (QED) is 0.815. The molecule has 2 rings (SSSR count). The van der Waals surface area contributed by atoms with Gasteiger partial charge in [0.25, 0.3) is 0 Å². The summed E-state index contributed by atoms with van der Waals surface area (Å²) in [6.07, 6.45) is 6.59. The van der Waals surface area contributed by atoms with Crippen molar-refractivity contribution in [3.8, 4) is 0 Å². The lowest BCUT2D eigenvalue weighted by Crippen LogP contribution is -2.40. The average Bonchev–Trinajstić information content (AvgIpc) is 2.96. The molecular weight excluding hydrogens is 246 g/mol. The first kappa shape index (κ1) is 13.8. The minimum Gasteiger partial charge on any atom is -0.465 e. The van der Waals surface area contributed by atoms with Crippen LogP contribution in [-0.2, 0) is 9.53 Å². The van der Waals surface area contributed by atoms with Crippen LogP contribution in [0.25, 0.3) is 6.08 Å². The van der Waals surface area contributed by atoms with Crippen molar-refractivity contribution in [1.29, 1.82) is 0 Å². The zero-order chi connectivity index (χ0) is 13.5. The number of furan rings is 1. The Morgan fingerprint density at radius 2 is 2.32 bits per heavy atom. The Kier molecular flexibility index (Phi) is 5.18. The SMILES string of the molecule is O=C(/C=C/c1ccco1)N1CCC(OCCO)CC1. The summed E-state index contributed by atoms with van der Waals surface area (Å²) in [5.41, 5.74) is 0. The summed E-state index contributed by atoms with van der Waals surface area (Å²) in [5.74, 6) is 0.673. The zero-order valence-corrected chi connectivity index (χ0v) is 10.8. The molecule has 0 spiro atoms. The van der Waals surface area contributed by atoms with Gasteiger partial charge in [-0.25, -0.2) is 0 Å². The topological polar surface area (TPSA) is 62.9 Å². The van der Waals surface area contributed by atoms with Crippen LogP contribution in [0.4, 0.5) is 0 Å². The van der Waals surface area contributed by atoms with Crippen molar-refractivity contribution in [3.63, 3.8) is 0 Å². The number of aliphatic hydroxyl groups is 1. The average molecular weight is 265 g/mol. The third-order valence-corrected chi connectivity index (χ3v) is 3.13. The summed E-state index contributed by atoms with van der Waals surface area (Å²) >= 11 is 0. The van der Waals surface area contributed by atoms with Crippen molar-refractivity contribution in [2.45, 2.75) is 18.9 Å². The van der Waals surface area contributed by atoms with E-state index in [0.717, 1.165) is 12.8 Å². The number of piperidine rings is 1. The maximum absolute atomic E-state index is 11.9. The maximum Gasteiger partial charge on any atom is 0.246 e. The molecule has 0 aromatic carbocycles. The fraction of sp³-hybridized carbons (Fsp3) is 0.500. The lowest BCUT2D eigenvalue weighted by atomic mass is 10.1. The summed E-state index contributed by atoms with van der Waals surface area (Å²) in [4.78, 5) is 13.7. The standard InChI is InChI=1S/C14H19NO4/c16-9-11-19-13-5-7-15(8-6-13)14(17)4-3-12-2-1-10-18-12/h1-4,10,13,16H,5-9,11H2/b4-3+. The number of likely N-dealkylation sites (tertiary alicyclic amines) is 1. The van der Waals surface area contributed by atoms with E-state index < -0.39 is 0 Å². The Bertz CT molecular complexity index is 405. The van der Waals surface area contributed by atoms with Crippen molar-refractivity contribution < 1.29 is 19.1 Å². The fourth-order valence-corrected chi connectivity index (χ4v) is 2.11. The fourth-order valence-electron chi connectivity index (χ4n) is 2.11. The molecule has 5 nitrogen and oxygen atoms in total. The van der Waals surface area contributed by atoms with Gasteiger partial charge in [-0.3, -0.25) is 4.79 Å². The largest absolute Gasteiger partial charge is 0.465 e. The van der Waals surface area contributed by atoms with Gasteiger partial charge in [-0.1, -0.05) is 0 Å². The van der Waals surface area contributed by atoms with E-state index in [4.69, 9.17) is 14.3 Å².